The van der Waals surface area contributed by atoms with E-state index in [2.05, 4.69) is 0 Å². The van der Waals surface area contributed by atoms with Crippen molar-refractivity contribution in [3.05, 3.63) is 0 Å². The average molecular weight is 229 g/mol. The maximum Gasteiger partial charge on any atom is 0.410 e. The fraction of sp³-hybridized carbons (Fsp3) is 0.818. The molecule has 16 heavy (non-hydrogen) atoms. The quantitative estimate of drug-likeness (QED) is 0.671. The van der Waals surface area contributed by atoms with E-state index >= 15 is 0 Å². The van der Waals surface area contributed by atoms with Gasteiger partial charge in [0.2, 0.25) is 0 Å². The highest BCUT2D eigenvalue weighted by molar-refractivity contribution is 5.71. The molecule has 1 rings (SSSR count). The van der Waals surface area contributed by atoms with Crippen molar-refractivity contribution in [2.45, 2.75) is 45.8 Å². The molecule has 0 aromatic heterocycles. The monoisotopic (exact) mass is 229 g/mol. The molecule has 1 atom stereocenters. The third-order valence-corrected chi connectivity index (χ3v) is 2.41. The van der Waals surface area contributed by atoms with Crippen LogP contribution < -0.4 is 0 Å². The van der Waals surface area contributed by atoms with Crippen LogP contribution in [0.5, 0.6) is 0 Å². The Bertz CT molecular complexity index is 265. The van der Waals surface area contributed by atoms with Crippen LogP contribution in [0.3, 0.4) is 0 Å². The number of amides is 1. The Balaban J connectivity index is 2.31. The fourth-order valence-electron chi connectivity index (χ4n) is 1.51. The molecule has 0 bridgehead atoms. The van der Waals surface area contributed by atoms with Gasteiger partial charge in [-0.15, -0.1) is 0 Å². The lowest BCUT2D eigenvalue weighted by molar-refractivity contribution is -0.146. The van der Waals surface area contributed by atoms with Crippen molar-refractivity contribution in [3.8, 4) is 0 Å². The molecule has 0 saturated carbocycles. The Labute approximate surface area is 95.7 Å². The van der Waals surface area contributed by atoms with E-state index in [1.165, 1.54) is 0 Å². The van der Waals surface area contributed by atoms with E-state index in [4.69, 9.17) is 9.47 Å². The molecule has 1 aliphatic rings. The molecule has 1 fully saturated rings. The van der Waals surface area contributed by atoms with Gasteiger partial charge in [0.05, 0.1) is 6.54 Å². The Morgan fingerprint density at radius 3 is 2.81 bits per heavy atom. The maximum atomic E-state index is 11.4. The van der Waals surface area contributed by atoms with Crippen LogP contribution in [0.25, 0.3) is 0 Å². The second-order valence-corrected chi connectivity index (χ2v) is 4.18. The third kappa shape index (κ3) is 3.40. The molecule has 0 N–H and O–H groups in total. The van der Waals surface area contributed by atoms with Crippen LogP contribution in [-0.4, -0.2) is 42.3 Å². The predicted octanol–water partition coefficient (Wildman–Crippen LogP) is 1.56. The summed E-state index contributed by atoms with van der Waals surface area (Å²) in [6, 6.07) is 0.115. The normalized spacial score (nSPS) is 20.1. The first-order valence-corrected chi connectivity index (χ1v) is 5.67. The Morgan fingerprint density at radius 2 is 2.31 bits per heavy atom. The highest BCUT2D eigenvalue weighted by atomic mass is 16.6. The van der Waals surface area contributed by atoms with Crippen LogP contribution in [0.4, 0.5) is 4.79 Å². The largest absolute Gasteiger partial charge is 0.462 e. The number of esters is 1. The van der Waals surface area contributed by atoms with Gasteiger partial charge in [0, 0.05) is 12.5 Å². The molecule has 1 aliphatic heterocycles. The number of rotatable bonds is 5. The molecule has 0 aliphatic carbocycles. The lowest BCUT2D eigenvalue weighted by atomic mass is 10.3. The van der Waals surface area contributed by atoms with Crippen LogP contribution in [0.15, 0.2) is 0 Å². The summed E-state index contributed by atoms with van der Waals surface area (Å²) in [6.45, 7) is 6.42. The lowest BCUT2D eigenvalue weighted by Crippen LogP contribution is -2.32. The zero-order valence-electron chi connectivity index (χ0n) is 10.1. The highest BCUT2D eigenvalue weighted by Crippen LogP contribution is 2.14. The molecule has 92 valence electrons. The Morgan fingerprint density at radius 1 is 1.62 bits per heavy atom. The lowest BCUT2D eigenvalue weighted by Gasteiger charge is -2.16. The molecule has 5 heteroatoms. The summed E-state index contributed by atoms with van der Waals surface area (Å²) < 4.78 is 10.1. The van der Waals surface area contributed by atoms with Crippen molar-refractivity contribution >= 4 is 12.1 Å². The summed E-state index contributed by atoms with van der Waals surface area (Å²) in [5.74, 6) is -0.235. The van der Waals surface area contributed by atoms with Gasteiger partial charge in [-0.05, 0) is 20.3 Å². The van der Waals surface area contributed by atoms with Crippen molar-refractivity contribution in [2.75, 3.05) is 13.2 Å². The SMILES string of the molecule is CCCC(=O)OCC1CN(C(C)C)C(=O)O1. The van der Waals surface area contributed by atoms with Gasteiger partial charge in [-0.2, -0.15) is 0 Å². The standard InChI is InChI=1S/C11H19NO4/c1-4-5-10(13)15-7-9-6-12(8(2)3)11(14)16-9/h8-9H,4-7H2,1-3H3. The summed E-state index contributed by atoms with van der Waals surface area (Å²) in [4.78, 5) is 24.1. The van der Waals surface area contributed by atoms with E-state index in [0.717, 1.165) is 6.42 Å². The second-order valence-electron chi connectivity index (χ2n) is 4.18. The van der Waals surface area contributed by atoms with Crippen LogP contribution in [-0.2, 0) is 14.3 Å². The Hall–Kier alpha value is -1.26. The van der Waals surface area contributed by atoms with Crippen molar-refractivity contribution in [3.63, 3.8) is 0 Å². The van der Waals surface area contributed by atoms with Crippen LogP contribution in [0.1, 0.15) is 33.6 Å². The predicted molar refractivity (Wildman–Crippen MR) is 58.0 cm³/mol. The zero-order chi connectivity index (χ0) is 12.1. The minimum absolute atomic E-state index is 0.115. The number of ether oxygens (including phenoxy) is 2. The first-order valence-electron chi connectivity index (χ1n) is 5.67. The molecule has 0 aromatic rings. The molecule has 5 nitrogen and oxygen atoms in total. The van der Waals surface area contributed by atoms with Crippen molar-refractivity contribution in [2.24, 2.45) is 0 Å². The molecule has 0 aromatic carbocycles. The van der Waals surface area contributed by atoms with Crippen molar-refractivity contribution in [1.29, 1.82) is 0 Å². The van der Waals surface area contributed by atoms with Crippen LogP contribution >= 0.6 is 0 Å². The van der Waals surface area contributed by atoms with Gasteiger partial charge in [0.25, 0.3) is 0 Å². The topological polar surface area (TPSA) is 55.8 Å². The first-order chi connectivity index (χ1) is 7.54. The molecule has 1 heterocycles. The number of nitrogens with zero attached hydrogens (tertiary/aromatic N) is 1. The summed E-state index contributed by atoms with van der Waals surface area (Å²) in [5, 5.41) is 0. The average Bonchev–Trinajstić information content (AvgIpc) is 2.57. The van der Waals surface area contributed by atoms with E-state index in [9.17, 15) is 9.59 Å². The van der Waals surface area contributed by atoms with Gasteiger partial charge < -0.3 is 14.4 Å². The van der Waals surface area contributed by atoms with Crippen LogP contribution in [0.2, 0.25) is 0 Å². The van der Waals surface area contributed by atoms with E-state index in [-0.39, 0.29) is 30.8 Å². The van der Waals surface area contributed by atoms with Gasteiger partial charge in [0.1, 0.15) is 6.61 Å². The highest BCUT2D eigenvalue weighted by Gasteiger charge is 2.33. The first kappa shape index (κ1) is 12.8. The van der Waals surface area contributed by atoms with Gasteiger partial charge in [-0.3, -0.25) is 4.79 Å². The van der Waals surface area contributed by atoms with E-state index in [1.54, 1.807) is 4.90 Å². The van der Waals surface area contributed by atoms with Gasteiger partial charge in [0.15, 0.2) is 6.10 Å². The summed E-state index contributed by atoms with van der Waals surface area (Å²) in [7, 11) is 0. The molecule has 1 unspecified atom stereocenters. The van der Waals surface area contributed by atoms with E-state index < -0.39 is 0 Å². The number of carbonyl (C=O) groups excluding carboxylic acids is 2. The fourth-order valence-corrected chi connectivity index (χ4v) is 1.51. The van der Waals surface area contributed by atoms with Crippen molar-refractivity contribution < 1.29 is 19.1 Å². The summed E-state index contributed by atoms with van der Waals surface area (Å²) in [5.41, 5.74) is 0. The number of cyclic esters (lactones) is 1. The summed E-state index contributed by atoms with van der Waals surface area (Å²) in [6.07, 6.45) is 0.526. The Kier molecular flexibility index (Phi) is 4.58. The summed E-state index contributed by atoms with van der Waals surface area (Å²) >= 11 is 0. The molecule has 1 amide bonds. The van der Waals surface area contributed by atoms with Crippen LogP contribution in [0, 0.1) is 0 Å². The molecule has 0 radical (unpaired) electrons. The zero-order valence-corrected chi connectivity index (χ0v) is 10.1. The van der Waals surface area contributed by atoms with E-state index in [0.29, 0.717) is 13.0 Å². The molecule has 0 spiro atoms. The smallest absolute Gasteiger partial charge is 0.410 e. The molecule has 1 saturated heterocycles. The third-order valence-electron chi connectivity index (χ3n) is 2.41. The van der Waals surface area contributed by atoms with E-state index in [1.807, 2.05) is 20.8 Å². The maximum absolute atomic E-state index is 11.4. The van der Waals surface area contributed by atoms with Crippen molar-refractivity contribution in [1.82, 2.24) is 4.90 Å². The minimum atomic E-state index is -0.327. The number of hydrogen-bond donors (Lipinski definition) is 0. The molecular weight excluding hydrogens is 210 g/mol. The van der Waals surface area contributed by atoms with Gasteiger partial charge in [-0.1, -0.05) is 6.92 Å². The number of hydrogen-bond acceptors (Lipinski definition) is 4. The second kappa shape index (κ2) is 5.72. The van der Waals surface area contributed by atoms with Gasteiger partial charge >= 0.3 is 12.1 Å². The number of carbonyl (C=O) groups is 2. The molecular formula is C11H19NO4. The van der Waals surface area contributed by atoms with Gasteiger partial charge in [-0.25, -0.2) is 4.79 Å². The minimum Gasteiger partial charge on any atom is -0.462 e.